The molecule has 0 aliphatic heterocycles. The summed E-state index contributed by atoms with van der Waals surface area (Å²) in [4.78, 5) is 23.0. The van der Waals surface area contributed by atoms with E-state index in [4.69, 9.17) is 9.47 Å². The third-order valence-corrected chi connectivity index (χ3v) is 3.25. The molecule has 7 heteroatoms. The highest BCUT2D eigenvalue weighted by Crippen LogP contribution is 2.26. The van der Waals surface area contributed by atoms with Crippen molar-refractivity contribution in [2.24, 2.45) is 5.10 Å². The molecule has 0 saturated heterocycles. The van der Waals surface area contributed by atoms with Crippen LogP contribution in [0.25, 0.3) is 0 Å². The van der Waals surface area contributed by atoms with Crippen LogP contribution >= 0.6 is 0 Å². The van der Waals surface area contributed by atoms with E-state index in [0.29, 0.717) is 22.7 Å². The Morgan fingerprint density at radius 1 is 1.00 bits per heavy atom. The molecule has 0 aliphatic carbocycles. The summed E-state index contributed by atoms with van der Waals surface area (Å²) in [6.07, 6.45) is 1.51. The number of anilines is 1. The molecule has 0 unspecified atom stereocenters. The van der Waals surface area contributed by atoms with Crippen molar-refractivity contribution in [2.45, 2.75) is 6.92 Å². The molecule has 2 aromatic carbocycles. The number of carbonyl (C=O) groups is 2. The van der Waals surface area contributed by atoms with Crippen molar-refractivity contribution in [3.05, 3.63) is 53.6 Å². The number of nitrogens with zero attached hydrogens (tertiary/aromatic N) is 1. The van der Waals surface area contributed by atoms with Gasteiger partial charge < -0.3 is 14.8 Å². The lowest BCUT2D eigenvalue weighted by Crippen LogP contribution is -2.17. The fourth-order valence-electron chi connectivity index (χ4n) is 2.07. The lowest BCUT2D eigenvalue weighted by atomic mass is 10.2. The Hall–Kier alpha value is -3.35. The topological polar surface area (TPSA) is 89.0 Å². The minimum atomic E-state index is -0.355. The minimum Gasteiger partial charge on any atom is -0.493 e. The number of nitrogens with one attached hydrogen (secondary N) is 2. The van der Waals surface area contributed by atoms with E-state index in [1.807, 2.05) is 0 Å². The monoisotopic (exact) mass is 341 g/mol. The summed E-state index contributed by atoms with van der Waals surface area (Å²) in [6, 6.07) is 11.8. The number of hydrazone groups is 1. The lowest BCUT2D eigenvalue weighted by molar-refractivity contribution is -0.114. The van der Waals surface area contributed by atoms with E-state index in [1.165, 1.54) is 13.1 Å². The van der Waals surface area contributed by atoms with Crippen molar-refractivity contribution in [2.75, 3.05) is 19.5 Å². The molecule has 25 heavy (non-hydrogen) atoms. The zero-order valence-corrected chi connectivity index (χ0v) is 14.2. The smallest absolute Gasteiger partial charge is 0.271 e. The molecule has 0 aromatic heterocycles. The predicted molar refractivity (Wildman–Crippen MR) is 95.4 cm³/mol. The van der Waals surface area contributed by atoms with Crippen LogP contribution in [0.3, 0.4) is 0 Å². The van der Waals surface area contributed by atoms with Gasteiger partial charge in [-0.05, 0) is 48.0 Å². The van der Waals surface area contributed by atoms with E-state index in [9.17, 15) is 9.59 Å². The number of carbonyl (C=O) groups excluding carboxylic acids is 2. The van der Waals surface area contributed by atoms with Gasteiger partial charge in [-0.3, -0.25) is 9.59 Å². The molecule has 2 rings (SSSR count). The van der Waals surface area contributed by atoms with Crippen molar-refractivity contribution in [3.8, 4) is 11.5 Å². The quantitative estimate of drug-likeness (QED) is 0.624. The summed E-state index contributed by atoms with van der Waals surface area (Å²) < 4.78 is 10.4. The Morgan fingerprint density at radius 2 is 1.68 bits per heavy atom. The van der Waals surface area contributed by atoms with Gasteiger partial charge in [0, 0.05) is 18.2 Å². The second-order valence-corrected chi connectivity index (χ2v) is 5.07. The van der Waals surface area contributed by atoms with E-state index >= 15 is 0 Å². The summed E-state index contributed by atoms with van der Waals surface area (Å²) in [7, 11) is 3.11. The first-order chi connectivity index (χ1) is 12.0. The van der Waals surface area contributed by atoms with E-state index in [1.54, 1.807) is 56.7 Å². The summed E-state index contributed by atoms with van der Waals surface area (Å²) in [6.45, 7) is 1.42. The number of hydrogen-bond acceptors (Lipinski definition) is 5. The van der Waals surface area contributed by atoms with Gasteiger partial charge in [0.25, 0.3) is 5.91 Å². The highest BCUT2D eigenvalue weighted by Gasteiger charge is 2.05. The summed E-state index contributed by atoms with van der Waals surface area (Å²) in [5.74, 6) is 0.664. The highest BCUT2D eigenvalue weighted by molar-refractivity contribution is 5.96. The Balaban J connectivity index is 1.99. The van der Waals surface area contributed by atoms with E-state index < -0.39 is 0 Å². The van der Waals surface area contributed by atoms with Crippen LogP contribution in [0.2, 0.25) is 0 Å². The van der Waals surface area contributed by atoms with Crippen LogP contribution < -0.4 is 20.2 Å². The normalized spacial score (nSPS) is 10.4. The van der Waals surface area contributed by atoms with Gasteiger partial charge in [-0.1, -0.05) is 0 Å². The standard InChI is InChI=1S/C18H19N3O4/c1-12(22)20-15-7-5-14(6-8-15)18(23)21-19-11-13-4-9-16(24-2)17(10-13)25-3/h4-11H,1-3H3,(H,20,22)(H,21,23)/b19-11-. The molecular formula is C18H19N3O4. The molecule has 130 valence electrons. The van der Waals surface area contributed by atoms with Gasteiger partial charge in [-0.2, -0.15) is 5.10 Å². The summed E-state index contributed by atoms with van der Waals surface area (Å²) in [5, 5.41) is 6.56. The third-order valence-electron chi connectivity index (χ3n) is 3.25. The zero-order chi connectivity index (χ0) is 18.2. The first-order valence-electron chi connectivity index (χ1n) is 7.46. The van der Waals surface area contributed by atoms with Crippen molar-refractivity contribution in [1.82, 2.24) is 5.43 Å². The molecule has 0 fully saturated rings. The van der Waals surface area contributed by atoms with Crippen molar-refractivity contribution in [1.29, 1.82) is 0 Å². The van der Waals surface area contributed by atoms with Gasteiger partial charge in [0.05, 0.1) is 20.4 Å². The Labute approximate surface area is 145 Å². The van der Waals surface area contributed by atoms with Crippen molar-refractivity contribution < 1.29 is 19.1 Å². The molecule has 0 atom stereocenters. The van der Waals surface area contributed by atoms with E-state index in [-0.39, 0.29) is 11.8 Å². The van der Waals surface area contributed by atoms with Crippen LogP contribution in [0.4, 0.5) is 5.69 Å². The molecule has 0 aliphatic rings. The molecule has 0 radical (unpaired) electrons. The van der Waals surface area contributed by atoms with Crippen LogP contribution in [0.15, 0.2) is 47.6 Å². The number of benzene rings is 2. The second kappa shape index (κ2) is 8.49. The van der Waals surface area contributed by atoms with Gasteiger partial charge in [0.1, 0.15) is 0 Å². The molecule has 2 aromatic rings. The van der Waals surface area contributed by atoms with Gasteiger partial charge in [-0.25, -0.2) is 5.43 Å². The number of hydrogen-bond donors (Lipinski definition) is 2. The SMILES string of the molecule is COc1ccc(/C=N\NC(=O)c2ccc(NC(C)=O)cc2)cc1OC. The van der Waals surface area contributed by atoms with E-state index in [0.717, 1.165) is 5.56 Å². The van der Waals surface area contributed by atoms with Crippen molar-refractivity contribution >= 4 is 23.7 Å². The fraction of sp³-hybridized carbons (Fsp3) is 0.167. The largest absolute Gasteiger partial charge is 0.493 e. The molecule has 0 saturated carbocycles. The number of methoxy groups -OCH3 is 2. The van der Waals surface area contributed by atoms with Crippen LogP contribution in [0.1, 0.15) is 22.8 Å². The molecule has 0 spiro atoms. The number of amides is 2. The lowest BCUT2D eigenvalue weighted by Gasteiger charge is -2.07. The molecule has 0 bridgehead atoms. The van der Waals surface area contributed by atoms with Crippen molar-refractivity contribution in [3.63, 3.8) is 0 Å². The molecular weight excluding hydrogens is 322 g/mol. The first-order valence-corrected chi connectivity index (χ1v) is 7.46. The van der Waals surface area contributed by atoms with E-state index in [2.05, 4.69) is 15.8 Å². The van der Waals surface area contributed by atoms with Gasteiger partial charge in [0.15, 0.2) is 11.5 Å². The Morgan fingerprint density at radius 3 is 2.28 bits per heavy atom. The average Bonchev–Trinajstić information content (AvgIpc) is 2.61. The first kappa shape index (κ1) is 18.0. The maximum absolute atomic E-state index is 12.0. The number of ether oxygens (including phenoxy) is 2. The fourth-order valence-corrected chi connectivity index (χ4v) is 2.07. The molecule has 2 N–H and O–H groups in total. The van der Waals surface area contributed by atoms with Gasteiger partial charge in [-0.15, -0.1) is 0 Å². The Kier molecular flexibility index (Phi) is 6.11. The average molecular weight is 341 g/mol. The van der Waals surface area contributed by atoms with Crippen LogP contribution in [0.5, 0.6) is 11.5 Å². The van der Waals surface area contributed by atoms with Gasteiger partial charge in [0.2, 0.25) is 5.91 Å². The van der Waals surface area contributed by atoms with Crippen LogP contribution in [0, 0.1) is 0 Å². The third kappa shape index (κ3) is 5.07. The number of rotatable bonds is 6. The zero-order valence-electron chi connectivity index (χ0n) is 14.2. The molecule has 7 nitrogen and oxygen atoms in total. The summed E-state index contributed by atoms with van der Waals surface area (Å²) in [5.41, 5.74) is 4.25. The van der Waals surface area contributed by atoms with Crippen LogP contribution in [-0.2, 0) is 4.79 Å². The predicted octanol–water partition coefficient (Wildman–Crippen LogP) is 2.43. The second-order valence-electron chi connectivity index (χ2n) is 5.07. The van der Waals surface area contributed by atoms with Crippen LogP contribution in [-0.4, -0.2) is 32.2 Å². The highest BCUT2D eigenvalue weighted by atomic mass is 16.5. The summed E-state index contributed by atoms with van der Waals surface area (Å²) >= 11 is 0. The molecule has 0 heterocycles. The van der Waals surface area contributed by atoms with Gasteiger partial charge >= 0.3 is 0 Å². The maximum Gasteiger partial charge on any atom is 0.271 e. The molecule has 2 amide bonds. The maximum atomic E-state index is 12.0. The Bertz CT molecular complexity index is 785. The minimum absolute atomic E-state index is 0.170.